The maximum absolute atomic E-state index is 2.22. The molecule has 14 heteroatoms. The molecule has 0 fully saturated rings. The summed E-state index contributed by atoms with van der Waals surface area (Å²) >= 11 is 24.7. The molecule has 0 atom stereocenters. The molecule has 0 nitrogen and oxygen atoms in total. The van der Waals surface area contributed by atoms with Crippen molar-refractivity contribution in [2.24, 2.45) is 0 Å². The Morgan fingerprint density at radius 2 is 0.528 bits per heavy atom. The van der Waals surface area contributed by atoms with Crippen LogP contribution in [-0.2, 0) is 0 Å². The summed E-state index contributed by atoms with van der Waals surface area (Å²) < 4.78 is 10.6. The third-order valence-corrected chi connectivity index (χ3v) is 33.1. The van der Waals surface area contributed by atoms with Crippen LogP contribution in [0.5, 0.6) is 0 Å². The van der Waals surface area contributed by atoms with Crippen molar-refractivity contribution in [3.63, 3.8) is 0 Å². The van der Waals surface area contributed by atoms with Crippen molar-refractivity contribution >= 4 is 177 Å². The standard InChI is InChI=1S/C22H32S10Se4/c1-5-25-9-13-33-19-20(34-14-10-26-6-2-23-1)30-17(29-19)18-31-21-22(32-18)36-16-12-28-8-4-24-3-7-27-11-15-35-21/h1-16H2. The van der Waals surface area contributed by atoms with E-state index in [1.807, 2.05) is 15.2 Å². The summed E-state index contributed by atoms with van der Waals surface area (Å²) in [5.74, 6) is 16.3. The molecule has 36 heavy (non-hydrogen) atoms. The number of hydrogen-bond acceptors (Lipinski definition) is 10. The molecule has 204 valence electrons. The fraction of sp³-hybridized carbons (Fsp3) is 0.727. The predicted octanol–water partition coefficient (Wildman–Crippen LogP) is 8.24. The molecule has 0 aliphatic carbocycles. The zero-order valence-electron chi connectivity index (χ0n) is 20.0. The number of rotatable bonds is 0. The molecular weight excluding hydrogens is 901 g/mol. The Hall–Kier alpha value is 4.80. The molecule has 0 aromatic rings. The summed E-state index contributed by atoms with van der Waals surface area (Å²) in [6.07, 6.45) is 0. The van der Waals surface area contributed by atoms with E-state index in [9.17, 15) is 0 Å². The van der Waals surface area contributed by atoms with Gasteiger partial charge in [-0.05, 0) is 0 Å². The molecule has 0 saturated carbocycles. The molecular formula is C22H32S10Se4. The Kier molecular flexibility index (Phi) is 20.1. The van der Waals surface area contributed by atoms with E-state index in [4.69, 9.17) is 0 Å². The van der Waals surface area contributed by atoms with Gasteiger partial charge in [-0.15, -0.1) is 0 Å². The fourth-order valence-corrected chi connectivity index (χ4v) is 32.3. The predicted molar refractivity (Wildman–Crippen MR) is 198 cm³/mol. The Bertz CT molecular complexity index is 658. The van der Waals surface area contributed by atoms with Crippen molar-refractivity contribution in [2.75, 3.05) is 69.0 Å². The van der Waals surface area contributed by atoms with Crippen molar-refractivity contribution in [3.05, 3.63) is 23.7 Å². The summed E-state index contributed by atoms with van der Waals surface area (Å²) in [6.45, 7) is 0. The molecule has 4 aliphatic heterocycles. The van der Waals surface area contributed by atoms with Crippen LogP contribution in [0.4, 0.5) is 0 Å². The average molecular weight is 933 g/mol. The first kappa shape index (κ1) is 33.7. The van der Waals surface area contributed by atoms with Gasteiger partial charge in [0.05, 0.1) is 0 Å². The van der Waals surface area contributed by atoms with Gasteiger partial charge in [0, 0.05) is 0 Å². The van der Waals surface area contributed by atoms with Crippen molar-refractivity contribution in [1.29, 1.82) is 0 Å². The second-order valence-electron chi connectivity index (χ2n) is 7.20. The van der Waals surface area contributed by atoms with Crippen LogP contribution in [0.1, 0.15) is 0 Å². The van der Waals surface area contributed by atoms with Crippen molar-refractivity contribution < 1.29 is 0 Å². The van der Waals surface area contributed by atoms with Crippen LogP contribution in [0.3, 0.4) is 0 Å². The van der Waals surface area contributed by atoms with Gasteiger partial charge in [-0.25, -0.2) is 0 Å². The van der Waals surface area contributed by atoms with E-state index in [0.717, 1.165) is 0 Å². The van der Waals surface area contributed by atoms with Gasteiger partial charge in [-0.2, -0.15) is 0 Å². The van der Waals surface area contributed by atoms with Gasteiger partial charge in [0.25, 0.3) is 0 Å². The Morgan fingerprint density at radius 3 is 0.778 bits per heavy atom. The van der Waals surface area contributed by atoms with E-state index < -0.39 is 0 Å². The summed E-state index contributed by atoms with van der Waals surface area (Å²) in [7, 11) is 0. The van der Waals surface area contributed by atoms with E-state index >= 15 is 0 Å². The van der Waals surface area contributed by atoms with Gasteiger partial charge < -0.3 is 0 Å². The Balaban J connectivity index is 1.35. The van der Waals surface area contributed by atoms with E-state index in [-0.39, 0.29) is 0 Å². The molecule has 0 unspecified atom stereocenters. The summed E-state index contributed by atoms with van der Waals surface area (Å²) in [5.41, 5.74) is 0. The van der Waals surface area contributed by atoms with Crippen molar-refractivity contribution in [1.82, 2.24) is 0 Å². The fourth-order valence-electron chi connectivity index (χ4n) is 2.92. The van der Waals surface area contributed by atoms with Crippen LogP contribution in [0, 0.1) is 0 Å². The summed E-state index contributed by atoms with van der Waals surface area (Å²) in [5, 5.41) is 5.71. The second-order valence-corrected chi connectivity index (χ2v) is 30.8. The molecule has 0 aromatic heterocycles. The first-order valence-corrected chi connectivity index (χ1v) is 30.3. The van der Waals surface area contributed by atoms with Crippen LogP contribution in [0.25, 0.3) is 0 Å². The van der Waals surface area contributed by atoms with Crippen molar-refractivity contribution in [2.45, 2.75) is 21.3 Å². The Labute approximate surface area is 287 Å². The zero-order valence-corrected chi connectivity index (χ0v) is 35.0. The number of thioether (sulfide) groups is 10. The molecule has 0 saturated heterocycles. The quantitative estimate of drug-likeness (QED) is 0.217. The summed E-state index contributed by atoms with van der Waals surface area (Å²) in [4.78, 5) is 0. The average Bonchev–Trinajstić information content (AvgIpc) is 3.47. The second kappa shape index (κ2) is 21.5. The van der Waals surface area contributed by atoms with Crippen LogP contribution >= 0.6 is 118 Å². The molecule has 0 radical (unpaired) electrons. The third-order valence-electron chi connectivity index (χ3n) is 4.57. The van der Waals surface area contributed by atoms with E-state index in [2.05, 4.69) is 118 Å². The Morgan fingerprint density at radius 1 is 0.306 bits per heavy atom. The minimum atomic E-state index is 0.684. The molecule has 4 rings (SSSR count). The molecule has 0 bridgehead atoms. The molecule has 4 heterocycles. The van der Waals surface area contributed by atoms with Crippen molar-refractivity contribution in [3.8, 4) is 0 Å². The molecule has 0 amide bonds. The van der Waals surface area contributed by atoms with Crippen LogP contribution in [0.15, 0.2) is 23.7 Å². The SMILES string of the molecule is C1CSCC[Se]C2=C(SC(=C3SC4=C(S3)[Se]CCSCCSCCSCC[Se]4)S2)[Se]CCSCCS1. The van der Waals surface area contributed by atoms with Gasteiger partial charge in [0.2, 0.25) is 0 Å². The van der Waals surface area contributed by atoms with Gasteiger partial charge in [-0.1, -0.05) is 0 Å². The minimum absolute atomic E-state index is 0.684. The summed E-state index contributed by atoms with van der Waals surface area (Å²) in [6, 6.07) is 0. The molecule has 4 aliphatic rings. The molecule has 0 spiro atoms. The monoisotopic (exact) mass is 936 g/mol. The van der Waals surface area contributed by atoms with Gasteiger partial charge >= 0.3 is 291 Å². The number of hydrogen-bond donors (Lipinski definition) is 0. The first-order chi connectivity index (χ1) is 17.9. The van der Waals surface area contributed by atoms with Crippen LogP contribution in [-0.4, -0.2) is 129 Å². The maximum atomic E-state index is 2.22. The first-order valence-electron chi connectivity index (χ1n) is 11.8. The molecule has 0 N–H and O–H groups in total. The van der Waals surface area contributed by atoms with E-state index in [1.54, 1.807) is 8.47 Å². The van der Waals surface area contributed by atoms with Crippen LogP contribution in [0.2, 0.25) is 21.3 Å². The van der Waals surface area contributed by atoms with E-state index in [0.29, 0.717) is 59.8 Å². The van der Waals surface area contributed by atoms with Crippen LogP contribution < -0.4 is 0 Å². The normalized spacial score (nSPS) is 26.0. The van der Waals surface area contributed by atoms with Gasteiger partial charge in [0.1, 0.15) is 0 Å². The van der Waals surface area contributed by atoms with Gasteiger partial charge in [-0.3, -0.25) is 0 Å². The topological polar surface area (TPSA) is 0 Å². The zero-order chi connectivity index (χ0) is 24.7. The third kappa shape index (κ3) is 13.2. The molecule has 0 aromatic carbocycles. The van der Waals surface area contributed by atoms with Gasteiger partial charge in [0.15, 0.2) is 0 Å². The van der Waals surface area contributed by atoms with E-state index in [1.165, 1.54) is 90.3 Å².